The first-order valence-electron chi connectivity index (χ1n) is 6.02. The molecule has 0 fully saturated rings. The average molecular weight is 213 g/mol. The molecule has 0 bridgehead atoms. The molecule has 0 aromatic rings. The SMILES string of the molecule is CCC(C)(C)C(C)(CC)C(=O)NC(C)C. The van der Waals surface area contributed by atoms with Crippen LogP contribution in [0.5, 0.6) is 0 Å². The second-order valence-corrected chi connectivity index (χ2v) is 5.55. The van der Waals surface area contributed by atoms with E-state index in [4.69, 9.17) is 0 Å². The van der Waals surface area contributed by atoms with Crippen molar-refractivity contribution in [1.82, 2.24) is 5.32 Å². The van der Waals surface area contributed by atoms with Crippen molar-refractivity contribution in [3.63, 3.8) is 0 Å². The molecule has 0 rings (SSSR count). The van der Waals surface area contributed by atoms with Crippen molar-refractivity contribution in [2.45, 2.75) is 67.3 Å². The summed E-state index contributed by atoms with van der Waals surface area (Å²) in [6, 6.07) is 0.219. The van der Waals surface area contributed by atoms with Crippen LogP contribution in [0, 0.1) is 10.8 Å². The highest BCUT2D eigenvalue weighted by Gasteiger charge is 2.44. The highest BCUT2D eigenvalue weighted by atomic mass is 16.2. The molecule has 2 nitrogen and oxygen atoms in total. The van der Waals surface area contributed by atoms with Gasteiger partial charge in [0.25, 0.3) is 0 Å². The normalized spacial score (nSPS) is 16.3. The lowest BCUT2D eigenvalue weighted by Crippen LogP contribution is -2.49. The molecule has 2 heteroatoms. The molecule has 0 saturated heterocycles. The maximum absolute atomic E-state index is 12.2. The molecule has 0 spiro atoms. The molecule has 0 aliphatic rings. The fourth-order valence-electron chi connectivity index (χ4n) is 1.76. The first-order valence-corrected chi connectivity index (χ1v) is 6.02. The quantitative estimate of drug-likeness (QED) is 0.745. The Morgan fingerprint density at radius 2 is 1.60 bits per heavy atom. The minimum Gasteiger partial charge on any atom is -0.353 e. The van der Waals surface area contributed by atoms with E-state index in [-0.39, 0.29) is 22.8 Å². The average Bonchev–Trinajstić information content (AvgIpc) is 2.15. The molecule has 1 atom stereocenters. The number of nitrogens with one attached hydrogen (secondary N) is 1. The lowest BCUT2D eigenvalue weighted by atomic mass is 9.63. The Hall–Kier alpha value is -0.530. The summed E-state index contributed by atoms with van der Waals surface area (Å²) in [5.74, 6) is 0.187. The lowest BCUT2D eigenvalue weighted by Gasteiger charge is -2.42. The van der Waals surface area contributed by atoms with Crippen LogP contribution < -0.4 is 5.32 Å². The van der Waals surface area contributed by atoms with Gasteiger partial charge in [-0.2, -0.15) is 0 Å². The summed E-state index contributed by atoms with van der Waals surface area (Å²) < 4.78 is 0. The van der Waals surface area contributed by atoms with Gasteiger partial charge in [0.05, 0.1) is 5.41 Å². The molecule has 0 radical (unpaired) electrons. The molecule has 0 heterocycles. The molecule has 1 amide bonds. The van der Waals surface area contributed by atoms with Crippen LogP contribution in [0.4, 0.5) is 0 Å². The highest BCUT2D eigenvalue weighted by Crippen LogP contribution is 2.44. The van der Waals surface area contributed by atoms with E-state index in [2.05, 4.69) is 39.9 Å². The monoisotopic (exact) mass is 213 g/mol. The number of rotatable bonds is 5. The molecule has 1 N–H and O–H groups in total. The molecule has 0 aliphatic carbocycles. The number of carbonyl (C=O) groups excluding carboxylic acids is 1. The Bertz CT molecular complexity index is 221. The van der Waals surface area contributed by atoms with Crippen LogP contribution in [0.25, 0.3) is 0 Å². The number of carbonyl (C=O) groups is 1. The van der Waals surface area contributed by atoms with Gasteiger partial charge < -0.3 is 5.32 Å². The van der Waals surface area contributed by atoms with Gasteiger partial charge in [-0.1, -0.05) is 34.6 Å². The van der Waals surface area contributed by atoms with E-state index in [1.54, 1.807) is 0 Å². The predicted molar refractivity (Wildman–Crippen MR) is 65.7 cm³/mol. The zero-order valence-electron chi connectivity index (χ0n) is 11.4. The molecule has 1 unspecified atom stereocenters. The van der Waals surface area contributed by atoms with Crippen LogP contribution in [0.3, 0.4) is 0 Å². The maximum atomic E-state index is 12.2. The Kier molecular flexibility index (Phi) is 4.82. The van der Waals surface area contributed by atoms with Gasteiger partial charge in [-0.3, -0.25) is 4.79 Å². The lowest BCUT2D eigenvalue weighted by molar-refractivity contribution is -0.138. The summed E-state index contributed by atoms with van der Waals surface area (Å²) in [6.07, 6.45) is 1.90. The Labute approximate surface area is 94.8 Å². The zero-order chi connectivity index (χ0) is 12.3. The van der Waals surface area contributed by atoms with Crippen molar-refractivity contribution >= 4 is 5.91 Å². The Morgan fingerprint density at radius 1 is 1.13 bits per heavy atom. The van der Waals surface area contributed by atoms with E-state index in [1.807, 2.05) is 13.8 Å². The summed E-state index contributed by atoms with van der Waals surface area (Å²) in [5.41, 5.74) is -0.229. The zero-order valence-corrected chi connectivity index (χ0v) is 11.4. The van der Waals surface area contributed by atoms with Gasteiger partial charge in [-0.15, -0.1) is 0 Å². The van der Waals surface area contributed by atoms with Crippen LogP contribution >= 0.6 is 0 Å². The fourth-order valence-corrected chi connectivity index (χ4v) is 1.76. The van der Waals surface area contributed by atoms with Gasteiger partial charge in [0.15, 0.2) is 0 Å². The van der Waals surface area contributed by atoms with E-state index in [9.17, 15) is 4.79 Å². The molecular weight excluding hydrogens is 186 g/mol. The van der Waals surface area contributed by atoms with Crippen molar-refractivity contribution in [2.24, 2.45) is 10.8 Å². The third kappa shape index (κ3) is 2.96. The second kappa shape index (κ2) is 5.00. The topological polar surface area (TPSA) is 29.1 Å². The van der Waals surface area contributed by atoms with Gasteiger partial charge in [0.2, 0.25) is 5.91 Å². The molecule has 0 aromatic heterocycles. The minimum atomic E-state index is -0.272. The number of hydrogen-bond donors (Lipinski definition) is 1. The molecule has 0 aliphatic heterocycles. The first kappa shape index (κ1) is 14.5. The maximum Gasteiger partial charge on any atom is 0.226 e. The standard InChI is InChI=1S/C13H27NO/c1-8-12(5,6)13(7,9-2)11(15)14-10(3)4/h10H,8-9H2,1-7H3,(H,14,15). The smallest absolute Gasteiger partial charge is 0.226 e. The number of hydrogen-bond acceptors (Lipinski definition) is 1. The van der Waals surface area contributed by atoms with E-state index in [0.717, 1.165) is 12.8 Å². The largest absolute Gasteiger partial charge is 0.353 e. The fraction of sp³-hybridized carbons (Fsp3) is 0.923. The first-order chi connectivity index (χ1) is 6.71. The van der Waals surface area contributed by atoms with Crippen molar-refractivity contribution in [3.8, 4) is 0 Å². The molecule has 0 saturated carbocycles. The summed E-state index contributed by atoms with van der Waals surface area (Å²) in [6.45, 7) is 14.7. The van der Waals surface area contributed by atoms with E-state index >= 15 is 0 Å². The van der Waals surface area contributed by atoms with Crippen molar-refractivity contribution in [1.29, 1.82) is 0 Å². The Balaban J connectivity index is 4.93. The van der Waals surface area contributed by atoms with Gasteiger partial charge in [-0.05, 0) is 32.1 Å². The van der Waals surface area contributed by atoms with Gasteiger partial charge in [0, 0.05) is 6.04 Å². The summed E-state index contributed by atoms with van der Waals surface area (Å²) >= 11 is 0. The summed E-state index contributed by atoms with van der Waals surface area (Å²) in [5, 5.41) is 3.04. The van der Waals surface area contributed by atoms with Gasteiger partial charge in [0.1, 0.15) is 0 Å². The van der Waals surface area contributed by atoms with Crippen molar-refractivity contribution < 1.29 is 4.79 Å². The van der Waals surface area contributed by atoms with Gasteiger partial charge >= 0.3 is 0 Å². The van der Waals surface area contributed by atoms with Crippen LogP contribution in [0.15, 0.2) is 0 Å². The van der Waals surface area contributed by atoms with Crippen molar-refractivity contribution in [2.75, 3.05) is 0 Å². The predicted octanol–water partition coefficient (Wildman–Crippen LogP) is 3.36. The van der Waals surface area contributed by atoms with E-state index < -0.39 is 0 Å². The minimum absolute atomic E-state index is 0.0424. The molecule has 15 heavy (non-hydrogen) atoms. The number of amides is 1. The molecule has 90 valence electrons. The van der Waals surface area contributed by atoms with Crippen LogP contribution in [-0.4, -0.2) is 11.9 Å². The third-order valence-corrected chi connectivity index (χ3v) is 4.01. The second-order valence-electron chi connectivity index (χ2n) is 5.55. The third-order valence-electron chi connectivity index (χ3n) is 4.01. The van der Waals surface area contributed by atoms with Crippen LogP contribution in [0.2, 0.25) is 0 Å². The van der Waals surface area contributed by atoms with Gasteiger partial charge in [-0.25, -0.2) is 0 Å². The van der Waals surface area contributed by atoms with Crippen LogP contribution in [0.1, 0.15) is 61.3 Å². The molecule has 0 aromatic carbocycles. The van der Waals surface area contributed by atoms with Crippen LogP contribution in [-0.2, 0) is 4.79 Å². The summed E-state index contributed by atoms with van der Waals surface area (Å²) in [4.78, 5) is 12.2. The van der Waals surface area contributed by atoms with E-state index in [1.165, 1.54) is 0 Å². The van der Waals surface area contributed by atoms with Crippen molar-refractivity contribution in [3.05, 3.63) is 0 Å². The highest BCUT2D eigenvalue weighted by molar-refractivity contribution is 5.83. The molecular formula is C13H27NO. The summed E-state index contributed by atoms with van der Waals surface area (Å²) in [7, 11) is 0. The van der Waals surface area contributed by atoms with E-state index in [0.29, 0.717) is 0 Å². The Morgan fingerprint density at radius 3 is 1.87 bits per heavy atom.